The van der Waals surface area contributed by atoms with Crippen molar-refractivity contribution < 1.29 is 13.9 Å². The molecule has 0 radical (unpaired) electrons. The summed E-state index contributed by atoms with van der Waals surface area (Å²) in [6.45, 7) is 3.62. The number of anilines is 2. The number of nitrogens with one attached hydrogen (secondary N) is 1. The van der Waals surface area contributed by atoms with Crippen molar-refractivity contribution in [2.75, 3.05) is 30.5 Å². The number of methoxy groups -OCH3 is 1. The third kappa shape index (κ3) is 5.51. The van der Waals surface area contributed by atoms with Gasteiger partial charge in [0.2, 0.25) is 5.91 Å². The number of fused-ring (bicyclic) bond motifs is 1. The van der Waals surface area contributed by atoms with E-state index < -0.39 is 0 Å². The van der Waals surface area contributed by atoms with E-state index in [9.17, 15) is 9.18 Å². The molecule has 3 aromatic rings. The van der Waals surface area contributed by atoms with E-state index in [-0.39, 0.29) is 11.7 Å². The molecule has 0 saturated carbocycles. The zero-order valence-electron chi connectivity index (χ0n) is 16.7. The Labute approximate surface area is 169 Å². The summed E-state index contributed by atoms with van der Waals surface area (Å²) in [5, 5.41) is 7.46. The fourth-order valence-corrected chi connectivity index (χ4v) is 3.19. The molecule has 154 valence electrons. The number of ether oxygens (including phenoxy) is 1. The van der Waals surface area contributed by atoms with E-state index in [0.717, 1.165) is 18.0 Å². The molecule has 1 fully saturated rings. The minimum Gasteiger partial charge on any atom is -0.384 e. The van der Waals surface area contributed by atoms with E-state index in [1.54, 1.807) is 36.0 Å². The number of imidazole rings is 1. The highest BCUT2D eigenvalue weighted by molar-refractivity contribution is 5.90. The lowest BCUT2D eigenvalue weighted by atomic mass is 10.2. The Balaban J connectivity index is 0.000000290. The van der Waals surface area contributed by atoms with Crippen molar-refractivity contribution in [3.05, 3.63) is 54.5 Å². The molecule has 29 heavy (non-hydrogen) atoms. The largest absolute Gasteiger partial charge is 0.384 e. The second-order valence-corrected chi connectivity index (χ2v) is 6.88. The third-order valence-corrected chi connectivity index (χ3v) is 4.73. The van der Waals surface area contributed by atoms with Crippen molar-refractivity contribution >= 4 is 23.2 Å². The van der Waals surface area contributed by atoms with Crippen molar-refractivity contribution in [1.29, 1.82) is 0 Å². The lowest BCUT2D eigenvalue weighted by Crippen LogP contribution is -2.27. The molecule has 0 aliphatic carbocycles. The molecule has 1 aromatic carbocycles. The van der Waals surface area contributed by atoms with Gasteiger partial charge in [0.25, 0.3) is 0 Å². The summed E-state index contributed by atoms with van der Waals surface area (Å²) in [7, 11) is 1.58. The predicted molar refractivity (Wildman–Crippen MR) is 111 cm³/mol. The molecule has 1 N–H and O–H groups in total. The molecule has 4 rings (SSSR count). The van der Waals surface area contributed by atoms with Gasteiger partial charge in [0, 0.05) is 19.7 Å². The van der Waals surface area contributed by atoms with E-state index in [1.807, 2.05) is 12.1 Å². The Bertz CT molecular complexity index is 931. The van der Waals surface area contributed by atoms with Crippen molar-refractivity contribution in [2.45, 2.75) is 32.2 Å². The van der Waals surface area contributed by atoms with Crippen LogP contribution in [0, 0.1) is 5.82 Å². The molecule has 0 bridgehead atoms. The Hall–Kier alpha value is -3.00. The Kier molecular flexibility index (Phi) is 7.13. The van der Waals surface area contributed by atoms with Crippen LogP contribution in [0.5, 0.6) is 0 Å². The molecule has 0 unspecified atom stereocenters. The summed E-state index contributed by atoms with van der Waals surface area (Å²) < 4.78 is 18.5. The molecule has 1 amide bonds. The first-order valence-corrected chi connectivity index (χ1v) is 9.69. The van der Waals surface area contributed by atoms with Crippen LogP contribution in [0.3, 0.4) is 0 Å². The number of nitrogens with zero attached hydrogens (tertiary/aromatic N) is 4. The van der Waals surface area contributed by atoms with Crippen molar-refractivity contribution in [3.8, 4) is 0 Å². The van der Waals surface area contributed by atoms with Gasteiger partial charge in [-0.05, 0) is 44.0 Å². The number of benzene rings is 1. The van der Waals surface area contributed by atoms with Crippen LogP contribution in [0.1, 0.15) is 26.2 Å². The van der Waals surface area contributed by atoms with Gasteiger partial charge >= 0.3 is 0 Å². The standard InChI is InChI=1S/C15H21N5O2.C6H5F/c1-11-4-3-8-19(11)13-6-5-12-16-10-14(20(12)18-13)17-15(21)7-9-22-2;7-6-4-2-1-3-5-6/h5-6,10-11H,3-4,7-9H2,1-2H3,(H,17,21);1-5H/t11-;/m0./s1. The van der Waals surface area contributed by atoms with Gasteiger partial charge in [-0.2, -0.15) is 4.52 Å². The first-order chi connectivity index (χ1) is 14.1. The maximum atomic E-state index is 11.9. The quantitative estimate of drug-likeness (QED) is 0.711. The van der Waals surface area contributed by atoms with Crippen LogP contribution in [0.2, 0.25) is 0 Å². The fourth-order valence-electron chi connectivity index (χ4n) is 3.19. The number of carbonyl (C=O) groups is 1. The summed E-state index contributed by atoms with van der Waals surface area (Å²) in [5.74, 6) is 1.22. The number of hydrogen-bond acceptors (Lipinski definition) is 5. The lowest BCUT2D eigenvalue weighted by Gasteiger charge is -2.22. The molecule has 3 heterocycles. The monoisotopic (exact) mass is 399 g/mol. The highest BCUT2D eigenvalue weighted by Crippen LogP contribution is 2.24. The molecular formula is C21H26FN5O2. The molecular weight excluding hydrogens is 373 g/mol. The number of aromatic nitrogens is 3. The molecule has 1 aliphatic rings. The molecule has 1 aliphatic heterocycles. The number of carbonyl (C=O) groups excluding carboxylic acids is 1. The smallest absolute Gasteiger partial charge is 0.227 e. The van der Waals surface area contributed by atoms with Crippen LogP contribution >= 0.6 is 0 Å². The van der Waals surface area contributed by atoms with Crippen LogP contribution in [0.15, 0.2) is 48.7 Å². The van der Waals surface area contributed by atoms with Gasteiger partial charge < -0.3 is 15.0 Å². The lowest BCUT2D eigenvalue weighted by molar-refractivity contribution is -0.117. The molecule has 7 nitrogen and oxygen atoms in total. The van der Waals surface area contributed by atoms with E-state index in [1.165, 1.54) is 25.0 Å². The second kappa shape index (κ2) is 9.97. The summed E-state index contributed by atoms with van der Waals surface area (Å²) in [4.78, 5) is 18.4. The predicted octanol–water partition coefficient (Wildman–Crippen LogP) is 3.52. The van der Waals surface area contributed by atoms with E-state index in [2.05, 4.69) is 27.2 Å². The normalized spacial score (nSPS) is 15.8. The molecule has 0 spiro atoms. The number of halogens is 1. The van der Waals surface area contributed by atoms with Gasteiger partial charge in [-0.25, -0.2) is 9.37 Å². The summed E-state index contributed by atoms with van der Waals surface area (Å²) in [5.41, 5.74) is 0.720. The van der Waals surface area contributed by atoms with Gasteiger partial charge in [0.05, 0.1) is 19.2 Å². The van der Waals surface area contributed by atoms with E-state index in [4.69, 9.17) is 4.74 Å². The van der Waals surface area contributed by atoms with Gasteiger partial charge in [-0.3, -0.25) is 4.79 Å². The maximum absolute atomic E-state index is 11.9. The first-order valence-electron chi connectivity index (χ1n) is 9.69. The van der Waals surface area contributed by atoms with E-state index >= 15 is 0 Å². The zero-order valence-corrected chi connectivity index (χ0v) is 16.7. The van der Waals surface area contributed by atoms with Crippen LogP contribution in [0.25, 0.3) is 5.65 Å². The van der Waals surface area contributed by atoms with Crippen LogP contribution in [-0.4, -0.2) is 46.8 Å². The fraction of sp³-hybridized carbons (Fsp3) is 0.381. The number of rotatable bonds is 5. The van der Waals surface area contributed by atoms with Crippen molar-refractivity contribution in [2.24, 2.45) is 0 Å². The first kappa shape index (κ1) is 20.7. The SMILES string of the molecule is COCCC(=O)Nc1cnc2ccc(N3CCC[C@@H]3C)nn12.Fc1ccccc1. The summed E-state index contributed by atoms with van der Waals surface area (Å²) in [6, 6.07) is 12.3. The Morgan fingerprint density at radius 2 is 2.07 bits per heavy atom. The maximum Gasteiger partial charge on any atom is 0.227 e. The van der Waals surface area contributed by atoms with Crippen molar-refractivity contribution in [1.82, 2.24) is 14.6 Å². The zero-order chi connectivity index (χ0) is 20.6. The van der Waals surface area contributed by atoms with Gasteiger partial charge in [-0.1, -0.05) is 18.2 Å². The Morgan fingerprint density at radius 1 is 1.28 bits per heavy atom. The van der Waals surface area contributed by atoms with Gasteiger partial charge in [-0.15, -0.1) is 5.10 Å². The molecule has 1 saturated heterocycles. The Morgan fingerprint density at radius 3 is 2.69 bits per heavy atom. The van der Waals surface area contributed by atoms with Crippen LogP contribution in [-0.2, 0) is 9.53 Å². The van der Waals surface area contributed by atoms with Gasteiger partial charge in [0.1, 0.15) is 11.6 Å². The topological polar surface area (TPSA) is 71.8 Å². The van der Waals surface area contributed by atoms with Gasteiger partial charge in [0.15, 0.2) is 11.5 Å². The number of hydrogen-bond donors (Lipinski definition) is 1. The highest BCUT2D eigenvalue weighted by atomic mass is 19.1. The highest BCUT2D eigenvalue weighted by Gasteiger charge is 2.22. The number of amides is 1. The average molecular weight is 399 g/mol. The summed E-state index contributed by atoms with van der Waals surface area (Å²) >= 11 is 0. The van der Waals surface area contributed by atoms with Crippen LogP contribution < -0.4 is 10.2 Å². The summed E-state index contributed by atoms with van der Waals surface area (Å²) in [6.07, 6.45) is 4.31. The van der Waals surface area contributed by atoms with Crippen molar-refractivity contribution in [3.63, 3.8) is 0 Å². The third-order valence-electron chi connectivity index (χ3n) is 4.73. The minimum atomic E-state index is -0.178. The van der Waals surface area contributed by atoms with E-state index in [0.29, 0.717) is 24.9 Å². The minimum absolute atomic E-state index is 0.106. The second-order valence-electron chi connectivity index (χ2n) is 6.88. The average Bonchev–Trinajstić information content (AvgIpc) is 3.33. The molecule has 1 atom stereocenters. The van der Waals surface area contributed by atoms with Crippen LogP contribution in [0.4, 0.5) is 16.0 Å². The molecule has 8 heteroatoms. The molecule has 2 aromatic heterocycles.